The third-order valence-corrected chi connectivity index (χ3v) is 5.18. The van der Waals surface area contributed by atoms with Crippen molar-refractivity contribution in [3.63, 3.8) is 0 Å². The van der Waals surface area contributed by atoms with E-state index < -0.39 is 0 Å². The van der Waals surface area contributed by atoms with Crippen molar-refractivity contribution in [1.29, 1.82) is 0 Å². The highest BCUT2D eigenvalue weighted by Gasteiger charge is 2.29. The maximum absolute atomic E-state index is 6.19. The number of para-hydroxylation sites is 1. The van der Waals surface area contributed by atoms with Gasteiger partial charge in [-0.1, -0.05) is 29.0 Å². The van der Waals surface area contributed by atoms with Crippen LogP contribution in [0.5, 0.6) is 0 Å². The van der Waals surface area contributed by atoms with Gasteiger partial charge >= 0.3 is 0 Å². The number of anilines is 1. The zero-order chi connectivity index (χ0) is 14.4. The third-order valence-electron chi connectivity index (χ3n) is 3.79. The molecule has 0 aliphatic carbocycles. The summed E-state index contributed by atoms with van der Waals surface area (Å²) in [6.45, 7) is 5.13. The van der Waals surface area contributed by atoms with Crippen LogP contribution >= 0.6 is 22.9 Å². The monoisotopic (exact) mass is 318 g/mol. The van der Waals surface area contributed by atoms with Crippen molar-refractivity contribution in [2.24, 2.45) is 5.92 Å². The van der Waals surface area contributed by atoms with E-state index in [0.29, 0.717) is 5.92 Å². The van der Waals surface area contributed by atoms with Crippen LogP contribution in [0, 0.1) is 12.8 Å². The van der Waals surface area contributed by atoms with Crippen LogP contribution in [-0.4, -0.2) is 27.9 Å². The van der Waals surface area contributed by atoms with Gasteiger partial charge in [-0.2, -0.15) is 5.10 Å². The molecule has 0 bridgehead atoms. The Morgan fingerprint density at radius 3 is 2.95 bits per heavy atom. The molecule has 1 saturated heterocycles. The van der Waals surface area contributed by atoms with Crippen LogP contribution in [0.2, 0.25) is 5.02 Å². The van der Waals surface area contributed by atoms with Gasteiger partial charge in [0.05, 0.1) is 15.9 Å². The minimum Gasteiger partial charge on any atom is -0.347 e. The van der Waals surface area contributed by atoms with E-state index in [2.05, 4.69) is 34.2 Å². The highest BCUT2D eigenvalue weighted by atomic mass is 35.5. The van der Waals surface area contributed by atoms with Crippen molar-refractivity contribution in [3.05, 3.63) is 41.2 Å². The van der Waals surface area contributed by atoms with Crippen molar-refractivity contribution < 1.29 is 0 Å². The predicted octanol–water partition coefficient (Wildman–Crippen LogP) is 3.59. The molecule has 0 radical (unpaired) electrons. The Morgan fingerprint density at radius 2 is 2.24 bits per heavy atom. The number of aryl methyl sites for hydroxylation is 1. The summed E-state index contributed by atoms with van der Waals surface area (Å²) in [4.78, 5) is 6.99. The molecule has 0 unspecified atom stereocenters. The average molecular weight is 319 g/mol. The molecular weight excluding hydrogens is 304 g/mol. The minimum absolute atomic E-state index is 0.645. The Balaban J connectivity index is 1.45. The number of benzene rings is 1. The standard InChI is InChI=1S/C15H15ClN4S/c1-10-5-17-20(6-10)9-11-7-19(8-11)15-18-14-12(16)3-2-4-13(14)21-15/h2-6,11H,7-9H2,1H3. The Bertz CT molecular complexity index is 788. The molecule has 21 heavy (non-hydrogen) atoms. The topological polar surface area (TPSA) is 34.0 Å². The molecule has 3 heterocycles. The van der Waals surface area contributed by atoms with Gasteiger partial charge in [0, 0.05) is 31.7 Å². The van der Waals surface area contributed by atoms with E-state index in [1.807, 2.05) is 23.0 Å². The molecule has 4 rings (SSSR count). The van der Waals surface area contributed by atoms with Crippen LogP contribution in [0.15, 0.2) is 30.6 Å². The lowest BCUT2D eigenvalue weighted by Crippen LogP contribution is -2.48. The molecule has 4 nitrogen and oxygen atoms in total. The van der Waals surface area contributed by atoms with Gasteiger partial charge in [0.1, 0.15) is 5.52 Å². The molecule has 1 aliphatic rings. The lowest BCUT2D eigenvalue weighted by atomic mass is 10.0. The van der Waals surface area contributed by atoms with Crippen LogP contribution in [0.25, 0.3) is 10.2 Å². The van der Waals surface area contributed by atoms with E-state index in [4.69, 9.17) is 11.6 Å². The third kappa shape index (κ3) is 2.40. The number of nitrogens with zero attached hydrogens (tertiary/aromatic N) is 4. The zero-order valence-electron chi connectivity index (χ0n) is 11.7. The Labute approximate surface area is 132 Å². The largest absolute Gasteiger partial charge is 0.347 e. The van der Waals surface area contributed by atoms with Crippen LogP contribution in [0.1, 0.15) is 5.56 Å². The van der Waals surface area contributed by atoms with Crippen LogP contribution in [-0.2, 0) is 6.54 Å². The Hall–Kier alpha value is -1.59. The zero-order valence-corrected chi connectivity index (χ0v) is 13.2. The van der Waals surface area contributed by atoms with Gasteiger partial charge in [0.15, 0.2) is 5.13 Å². The fourth-order valence-corrected chi connectivity index (χ4v) is 3.99. The first-order valence-corrected chi connectivity index (χ1v) is 8.17. The molecule has 108 valence electrons. The number of aromatic nitrogens is 3. The second-order valence-electron chi connectivity index (χ2n) is 5.59. The van der Waals surface area contributed by atoms with E-state index in [1.165, 1.54) is 5.56 Å². The van der Waals surface area contributed by atoms with Gasteiger partial charge in [0.25, 0.3) is 0 Å². The molecule has 0 N–H and O–H groups in total. The molecular formula is C15H15ClN4S. The van der Waals surface area contributed by atoms with Crippen LogP contribution < -0.4 is 4.90 Å². The SMILES string of the molecule is Cc1cnn(CC2CN(c3nc4c(Cl)cccc4s3)C2)c1. The number of rotatable bonds is 3. The second-order valence-corrected chi connectivity index (χ2v) is 7.01. The van der Waals surface area contributed by atoms with E-state index in [-0.39, 0.29) is 0 Å². The van der Waals surface area contributed by atoms with Crippen molar-refractivity contribution in [1.82, 2.24) is 14.8 Å². The van der Waals surface area contributed by atoms with Crippen molar-refractivity contribution in [3.8, 4) is 0 Å². The first kappa shape index (κ1) is 13.1. The fraction of sp³-hybridized carbons (Fsp3) is 0.333. The molecule has 1 fully saturated rings. The fourth-order valence-electron chi connectivity index (χ4n) is 2.71. The van der Waals surface area contributed by atoms with E-state index in [1.54, 1.807) is 11.3 Å². The first-order valence-electron chi connectivity index (χ1n) is 6.98. The Kier molecular flexibility index (Phi) is 3.12. The summed E-state index contributed by atoms with van der Waals surface area (Å²) in [6, 6.07) is 5.95. The molecule has 0 spiro atoms. The first-order chi connectivity index (χ1) is 10.2. The molecule has 3 aromatic rings. The van der Waals surface area contributed by atoms with Crippen molar-refractivity contribution in [2.75, 3.05) is 18.0 Å². The number of thiazole rings is 1. The lowest BCUT2D eigenvalue weighted by Gasteiger charge is -2.39. The maximum atomic E-state index is 6.19. The molecule has 0 saturated carbocycles. The normalized spacial score (nSPS) is 15.6. The molecule has 1 aliphatic heterocycles. The van der Waals surface area contributed by atoms with Gasteiger partial charge in [0.2, 0.25) is 0 Å². The number of hydrogen-bond donors (Lipinski definition) is 0. The predicted molar refractivity (Wildman–Crippen MR) is 87.3 cm³/mol. The number of halogens is 1. The molecule has 6 heteroatoms. The summed E-state index contributed by atoms with van der Waals surface area (Å²) in [7, 11) is 0. The summed E-state index contributed by atoms with van der Waals surface area (Å²) in [5.74, 6) is 0.645. The summed E-state index contributed by atoms with van der Waals surface area (Å²) in [6.07, 6.45) is 4.01. The van der Waals surface area contributed by atoms with Crippen molar-refractivity contribution >= 4 is 38.3 Å². The van der Waals surface area contributed by atoms with E-state index in [9.17, 15) is 0 Å². The van der Waals surface area contributed by atoms with Gasteiger partial charge in [-0.25, -0.2) is 4.98 Å². The maximum Gasteiger partial charge on any atom is 0.186 e. The quantitative estimate of drug-likeness (QED) is 0.740. The summed E-state index contributed by atoms with van der Waals surface area (Å²) >= 11 is 7.90. The number of fused-ring (bicyclic) bond motifs is 1. The van der Waals surface area contributed by atoms with Gasteiger partial charge < -0.3 is 4.90 Å². The molecule has 0 atom stereocenters. The Morgan fingerprint density at radius 1 is 1.38 bits per heavy atom. The molecule has 0 amide bonds. The highest BCUT2D eigenvalue weighted by molar-refractivity contribution is 7.22. The number of hydrogen-bond acceptors (Lipinski definition) is 4. The van der Waals surface area contributed by atoms with Crippen molar-refractivity contribution in [2.45, 2.75) is 13.5 Å². The van der Waals surface area contributed by atoms with E-state index in [0.717, 1.165) is 40.0 Å². The summed E-state index contributed by atoms with van der Waals surface area (Å²) < 4.78 is 3.19. The lowest BCUT2D eigenvalue weighted by molar-refractivity contribution is 0.342. The van der Waals surface area contributed by atoms with Crippen LogP contribution in [0.3, 0.4) is 0 Å². The smallest absolute Gasteiger partial charge is 0.186 e. The van der Waals surface area contributed by atoms with Crippen LogP contribution in [0.4, 0.5) is 5.13 Å². The molecule has 2 aromatic heterocycles. The average Bonchev–Trinajstić information content (AvgIpc) is 3.00. The second kappa shape index (κ2) is 5.00. The summed E-state index contributed by atoms with van der Waals surface area (Å²) in [5.41, 5.74) is 2.14. The van der Waals surface area contributed by atoms with Gasteiger partial charge in [-0.3, -0.25) is 4.68 Å². The van der Waals surface area contributed by atoms with E-state index >= 15 is 0 Å². The van der Waals surface area contributed by atoms with Gasteiger partial charge in [-0.05, 0) is 24.6 Å². The summed E-state index contributed by atoms with van der Waals surface area (Å²) in [5, 5.41) is 6.16. The van der Waals surface area contributed by atoms with Gasteiger partial charge in [-0.15, -0.1) is 0 Å². The molecule has 1 aromatic carbocycles. The highest BCUT2D eigenvalue weighted by Crippen LogP contribution is 2.35. The minimum atomic E-state index is 0.645.